The molecule has 2 rings (SSSR count). The van der Waals surface area contributed by atoms with Crippen LogP contribution >= 0.6 is 0 Å². The fraction of sp³-hybridized carbons (Fsp3) is 0.250. The zero-order chi connectivity index (χ0) is 16.2. The number of methoxy groups -OCH3 is 2. The summed E-state index contributed by atoms with van der Waals surface area (Å²) in [6.07, 6.45) is 0. The summed E-state index contributed by atoms with van der Waals surface area (Å²) >= 11 is 0. The van der Waals surface area contributed by atoms with Gasteiger partial charge in [-0.05, 0) is 36.8 Å². The lowest BCUT2D eigenvalue weighted by molar-refractivity contribution is 0.305. The van der Waals surface area contributed by atoms with Crippen LogP contribution in [0.4, 0.5) is 0 Å². The van der Waals surface area contributed by atoms with Crippen molar-refractivity contribution >= 4 is 10.1 Å². The molecule has 22 heavy (non-hydrogen) atoms. The van der Waals surface area contributed by atoms with Gasteiger partial charge < -0.3 is 9.47 Å². The van der Waals surface area contributed by atoms with Crippen LogP contribution < -0.4 is 9.47 Å². The van der Waals surface area contributed by atoms with Crippen molar-refractivity contribution in [2.24, 2.45) is 0 Å². The first kappa shape index (κ1) is 16.3. The Morgan fingerprint density at radius 2 is 1.45 bits per heavy atom. The molecule has 5 nitrogen and oxygen atoms in total. The smallest absolute Gasteiger partial charge is 0.297 e. The number of hydrogen-bond donors (Lipinski definition) is 0. The summed E-state index contributed by atoms with van der Waals surface area (Å²) in [7, 11) is -0.736. The number of ether oxygens (including phenoxy) is 2. The minimum atomic E-state index is -3.80. The molecular weight excluding hydrogens is 304 g/mol. The van der Waals surface area contributed by atoms with E-state index in [1.165, 1.54) is 26.4 Å². The Bertz CT molecular complexity index is 713. The van der Waals surface area contributed by atoms with Crippen molar-refractivity contribution in [1.29, 1.82) is 0 Å². The summed E-state index contributed by atoms with van der Waals surface area (Å²) in [4.78, 5) is 0.132. The third kappa shape index (κ3) is 3.99. The second kappa shape index (κ2) is 6.81. The van der Waals surface area contributed by atoms with E-state index in [1.807, 2.05) is 6.92 Å². The molecule has 0 unspecified atom stereocenters. The van der Waals surface area contributed by atoms with Crippen molar-refractivity contribution in [3.63, 3.8) is 0 Å². The van der Waals surface area contributed by atoms with Crippen molar-refractivity contribution in [1.82, 2.24) is 0 Å². The summed E-state index contributed by atoms with van der Waals surface area (Å²) < 4.78 is 39.7. The first-order chi connectivity index (χ1) is 10.4. The first-order valence-electron chi connectivity index (χ1n) is 6.62. The maximum atomic E-state index is 12.1. The SMILES string of the molecule is COc1cc(COS(=O)(=O)c2ccc(C)cc2)cc(OC)c1. The molecule has 0 heterocycles. The molecule has 0 saturated carbocycles. The molecule has 0 amide bonds. The van der Waals surface area contributed by atoms with Crippen LogP contribution in [-0.4, -0.2) is 22.6 Å². The van der Waals surface area contributed by atoms with Crippen LogP contribution in [0, 0.1) is 6.92 Å². The lowest BCUT2D eigenvalue weighted by Crippen LogP contribution is -2.06. The van der Waals surface area contributed by atoms with Crippen LogP contribution in [0.2, 0.25) is 0 Å². The van der Waals surface area contributed by atoms with Crippen LogP contribution in [-0.2, 0) is 20.9 Å². The van der Waals surface area contributed by atoms with Crippen molar-refractivity contribution in [2.45, 2.75) is 18.4 Å². The van der Waals surface area contributed by atoms with Gasteiger partial charge in [-0.25, -0.2) is 0 Å². The highest BCUT2D eigenvalue weighted by Crippen LogP contribution is 2.24. The van der Waals surface area contributed by atoms with E-state index >= 15 is 0 Å². The van der Waals surface area contributed by atoms with E-state index < -0.39 is 10.1 Å². The molecule has 0 radical (unpaired) electrons. The Morgan fingerprint density at radius 3 is 1.95 bits per heavy atom. The predicted octanol–water partition coefficient (Wildman–Crippen LogP) is 2.92. The van der Waals surface area contributed by atoms with Crippen LogP contribution in [0.25, 0.3) is 0 Å². The Labute approximate surface area is 130 Å². The van der Waals surface area contributed by atoms with Gasteiger partial charge >= 0.3 is 0 Å². The highest BCUT2D eigenvalue weighted by Gasteiger charge is 2.15. The maximum absolute atomic E-state index is 12.1. The Kier molecular flexibility index (Phi) is 5.05. The van der Waals surface area contributed by atoms with Gasteiger partial charge in [0.1, 0.15) is 11.5 Å². The third-order valence-electron chi connectivity index (χ3n) is 3.10. The zero-order valence-electron chi connectivity index (χ0n) is 12.7. The molecule has 6 heteroatoms. The van der Waals surface area contributed by atoms with E-state index in [1.54, 1.807) is 30.3 Å². The Morgan fingerprint density at radius 1 is 0.909 bits per heavy atom. The fourth-order valence-electron chi connectivity index (χ4n) is 1.87. The highest BCUT2D eigenvalue weighted by atomic mass is 32.2. The molecular formula is C16H18O5S. The molecule has 0 aliphatic carbocycles. The summed E-state index contributed by atoms with van der Waals surface area (Å²) in [5.41, 5.74) is 1.63. The van der Waals surface area contributed by atoms with E-state index in [-0.39, 0.29) is 11.5 Å². The largest absolute Gasteiger partial charge is 0.497 e. The van der Waals surface area contributed by atoms with E-state index in [0.717, 1.165) is 5.56 Å². The molecule has 2 aromatic rings. The van der Waals surface area contributed by atoms with Crippen LogP contribution in [0.3, 0.4) is 0 Å². The molecule has 0 bridgehead atoms. The molecule has 0 spiro atoms. The first-order valence-corrected chi connectivity index (χ1v) is 8.03. The van der Waals surface area contributed by atoms with Gasteiger partial charge in [-0.2, -0.15) is 8.42 Å². The standard InChI is InChI=1S/C16H18O5S/c1-12-4-6-16(7-5-12)22(17,18)21-11-13-8-14(19-2)10-15(9-13)20-3/h4-10H,11H2,1-3H3. The molecule has 0 aromatic heterocycles. The number of hydrogen-bond acceptors (Lipinski definition) is 5. The van der Waals surface area contributed by atoms with Gasteiger partial charge in [0.05, 0.1) is 25.7 Å². The number of rotatable bonds is 6. The monoisotopic (exact) mass is 322 g/mol. The number of benzene rings is 2. The Balaban J connectivity index is 2.16. The van der Waals surface area contributed by atoms with Crippen molar-refractivity contribution in [3.05, 3.63) is 53.6 Å². The fourth-order valence-corrected chi connectivity index (χ4v) is 2.77. The summed E-state index contributed by atoms with van der Waals surface area (Å²) in [5.74, 6) is 1.15. The van der Waals surface area contributed by atoms with Gasteiger partial charge in [0, 0.05) is 6.07 Å². The average molecular weight is 322 g/mol. The van der Waals surface area contributed by atoms with E-state index in [4.69, 9.17) is 13.7 Å². The molecule has 0 atom stereocenters. The van der Waals surface area contributed by atoms with Gasteiger partial charge in [-0.15, -0.1) is 0 Å². The van der Waals surface area contributed by atoms with Gasteiger partial charge in [-0.1, -0.05) is 17.7 Å². The third-order valence-corrected chi connectivity index (χ3v) is 4.38. The molecule has 2 aromatic carbocycles. The van der Waals surface area contributed by atoms with Gasteiger partial charge in [0.25, 0.3) is 10.1 Å². The zero-order valence-corrected chi connectivity index (χ0v) is 13.5. The summed E-state index contributed by atoms with van der Waals surface area (Å²) in [6, 6.07) is 11.6. The van der Waals surface area contributed by atoms with Crippen LogP contribution in [0.5, 0.6) is 11.5 Å². The second-order valence-corrected chi connectivity index (χ2v) is 6.37. The van der Waals surface area contributed by atoms with Crippen molar-refractivity contribution in [2.75, 3.05) is 14.2 Å². The predicted molar refractivity (Wildman–Crippen MR) is 82.7 cm³/mol. The van der Waals surface area contributed by atoms with Gasteiger partial charge in [0.15, 0.2) is 0 Å². The quantitative estimate of drug-likeness (QED) is 0.765. The molecule has 0 N–H and O–H groups in total. The van der Waals surface area contributed by atoms with Crippen molar-refractivity contribution in [3.8, 4) is 11.5 Å². The maximum Gasteiger partial charge on any atom is 0.297 e. The molecule has 118 valence electrons. The molecule has 0 fully saturated rings. The lowest BCUT2D eigenvalue weighted by Gasteiger charge is -2.09. The van der Waals surface area contributed by atoms with Crippen LogP contribution in [0.15, 0.2) is 47.4 Å². The molecule has 0 aliphatic heterocycles. The minimum Gasteiger partial charge on any atom is -0.497 e. The average Bonchev–Trinajstić information content (AvgIpc) is 2.53. The Hall–Kier alpha value is -2.05. The van der Waals surface area contributed by atoms with Gasteiger partial charge in [0.2, 0.25) is 0 Å². The molecule has 0 saturated heterocycles. The van der Waals surface area contributed by atoms with E-state index in [2.05, 4.69) is 0 Å². The molecule has 0 aliphatic rings. The minimum absolute atomic E-state index is 0.0935. The van der Waals surface area contributed by atoms with E-state index in [9.17, 15) is 8.42 Å². The van der Waals surface area contributed by atoms with Crippen LogP contribution in [0.1, 0.15) is 11.1 Å². The lowest BCUT2D eigenvalue weighted by atomic mass is 10.2. The summed E-state index contributed by atoms with van der Waals surface area (Å²) in [6.45, 7) is 1.80. The highest BCUT2D eigenvalue weighted by molar-refractivity contribution is 7.86. The van der Waals surface area contributed by atoms with Gasteiger partial charge in [-0.3, -0.25) is 4.18 Å². The second-order valence-electron chi connectivity index (χ2n) is 4.75. The topological polar surface area (TPSA) is 61.8 Å². The normalized spacial score (nSPS) is 11.2. The van der Waals surface area contributed by atoms with Crippen molar-refractivity contribution < 1.29 is 22.1 Å². The number of aryl methyl sites for hydroxylation is 1. The summed E-state index contributed by atoms with van der Waals surface area (Å²) in [5, 5.41) is 0. The van der Waals surface area contributed by atoms with E-state index in [0.29, 0.717) is 17.1 Å².